The van der Waals surface area contributed by atoms with Gasteiger partial charge in [-0.2, -0.15) is 0 Å². The van der Waals surface area contributed by atoms with E-state index in [2.05, 4.69) is 0 Å². The predicted molar refractivity (Wildman–Crippen MR) is 7.15 cm³/mol. The van der Waals surface area contributed by atoms with Gasteiger partial charge in [-0.3, -0.25) is 0 Å². The SMILES string of the molecule is [Co].[Fe].[LiH].[Zr]. The van der Waals surface area contributed by atoms with Crippen molar-refractivity contribution in [3.63, 3.8) is 0 Å². The molecular formula is HCoFeLiZr. The van der Waals surface area contributed by atoms with Gasteiger partial charge in [0, 0.05) is 60.1 Å². The molecule has 0 unspecified atom stereocenters. The van der Waals surface area contributed by atoms with Crippen LogP contribution in [0.2, 0.25) is 0 Å². The normalized spacial score (nSPS) is 0. The van der Waals surface area contributed by atoms with Crippen molar-refractivity contribution in [3.8, 4) is 0 Å². The van der Waals surface area contributed by atoms with Crippen molar-refractivity contribution in [2.24, 2.45) is 0 Å². The molecule has 1 radical (unpaired) electrons. The average molecular weight is 214 g/mol. The first-order valence-corrected chi connectivity index (χ1v) is 0. The Morgan fingerprint density at radius 1 is 1.00 bits per heavy atom. The molecule has 0 aromatic carbocycles. The molecule has 0 atom stereocenters. The van der Waals surface area contributed by atoms with Crippen molar-refractivity contribution in [1.29, 1.82) is 0 Å². The van der Waals surface area contributed by atoms with Gasteiger partial charge in [0.15, 0.2) is 0 Å². The van der Waals surface area contributed by atoms with Crippen molar-refractivity contribution in [2.75, 3.05) is 0 Å². The van der Waals surface area contributed by atoms with Gasteiger partial charge in [0.25, 0.3) is 0 Å². The van der Waals surface area contributed by atoms with Crippen LogP contribution in [0.5, 0.6) is 0 Å². The van der Waals surface area contributed by atoms with E-state index in [9.17, 15) is 0 Å². The van der Waals surface area contributed by atoms with E-state index in [-0.39, 0.29) is 78.9 Å². The summed E-state index contributed by atoms with van der Waals surface area (Å²) in [5.41, 5.74) is 0. The Balaban J connectivity index is 0. The summed E-state index contributed by atoms with van der Waals surface area (Å²) in [6, 6.07) is 0. The molecule has 23 valence electrons. The van der Waals surface area contributed by atoms with Crippen LogP contribution in [0.4, 0.5) is 0 Å². The molecule has 0 aromatic heterocycles. The minimum Gasteiger partial charge on any atom is 0 e. The van der Waals surface area contributed by atoms with Gasteiger partial charge in [-0.15, -0.1) is 0 Å². The molecule has 0 aliphatic carbocycles. The Hall–Kier alpha value is 2.51. The Morgan fingerprint density at radius 3 is 1.00 bits per heavy atom. The van der Waals surface area contributed by atoms with Crippen LogP contribution in [-0.2, 0) is 60.1 Å². The monoisotopic (exact) mass is 213 g/mol. The third kappa shape index (κ3) is 8.82. The summed E-state index contributed by atoms with van der Waals surface area (Å²) in [6.45, 7) is 0. The van der Waals surface area contributed by atoms with E-state index in [1.165, 1.54) is 0 Å². The summed E-state index contributed by atoms with van der Waals surface area (Å²) >= 11 is 0. The van der Waals surface area contributed by atoms with Crippen LogP contribution in [0.25, 0.3) is 0 Å². The second kappa shape index (κ2) is 17.8. The zero-order chi connectivity index (χ0) is 0. The van der Waals surface area contributed by atoms with E-state index in [1.807, 2.05) is 0 Å². The van der Waals surface area contributed by atoms with Crippen molar-refractivity contribution < 1.29 is 60.1 Å². The fraction of sp³-hybridized carbons (Fsp3) is 0. The zero-order valence-corrected chi connectivity index (χ0v) is 5.79. The first kappa shape index (κ1) is 31.4. The van der Waals surface area contributed by atoms with Crippen molar-refractivity contribution >= 4 is 18.9 Å². The van der Waals surface area contributed by atoms with Crippen LogP contribution in [0.1, 0.15) is 0 Å². The van der Waals surface area contributed by atoms with E-state index >= 15 is 0 Å². The maximum atomic E-state index is 0. The van der Waals surface area contributed by atoms with Gasteiger partial charge in [0.1, 0.15) is 0 Å². The quantitative estimate of drug-likeness (QED) is 0.470. The predicted octanol–water partition coefficient (Wildman–Crippen LogP) is -0.656. The number of hydrogen-bond acceptors (Lipinski definition) is 0. The summed E-state index contributed by atoms with van der Waals surface area (Å²) in [4.78, 5) is 0. The molecule has 0 aliphatic heterocycles. The standard InChI is InChI=1S/Co.Fe.Li.Zr.H. The topological polar surface area (TPSA) is 0 Å². The third-order valence-corrected chi connectivity index (χ3v) is 0. The van der Waals surface area contributed by atoms with Gasteiger partial charge < -0.3 is 0 Å². The Morgan fingerprint density at radius 2 is 1.00 bits per heavy atom. The summed E-state index contributed by atoms with van der Waals surface area (Å²) in [6.07, 6.45) is 0. The maximum absolute atomic E-state index is 0. The molecule has 0 spiro atoms. The molecule has 0 nitrogen and oxygen atoms in total. The summed E-state index contributed by atoms with van der Waals surface area (Å²) in [7, 11) is 0. The van der Waals surface area contributed by atoms with E-state index < -0.39 is 0 Å². The van der Waals surface area contributed by atoms with Crippen LogP contribution in [0.15, 0.2) is 0 Å². The van der Waals surface area contributed by atoms with Crippen LogP contribution < -0.4 is 0 Å². The Kier molecular flexibility index (Phi) is 140. The first-order valence-electron chi connectivity index (χ1n) is 0. The number of hydrogen-bond donors (Lipinski definition) is 0. The second-order valence-electron chi connectivity index (χ2n) is 0. The van der Waals surface area contributed by atoms with Gasteiger partial charge in [0.2, 0.25) is 0 Å². The smallest absolute Gasteiger partial charge is 0 e. The molecule has 0 heterocycles. The molecule has 0 saturated carbocycles. The van der Waals surface area contributed by atoms with Crippen LogP contribution in [-0.4, -0.2) is 18.9 Å². The van der Waals surface area contributed by atoms with Crippen LogP contribution in [0.3, 0.4) is 0 Å². The minimum atomic E-state index is 0. The second-order valence-corrected chi connectivity index (χ2v) is 0. The third-order valence-electron chi connectivity index (χ3n) is 0. The van der Waals surface area contributed by atoms with E-state index in [0.717, 1.165) is 0 Å². The Labute approximate surface area is 77.8 Å². The van der Waals surface area contributed by atoms with Crippen molar-refractivity contribution in [3.05, 3.63) is 0 Å². The fourth-order valence-corrected chi connectivity index (χ4v) is 0. The summed E-state index contributed by atoms with van der Waals surface area (Å²) in [5.74, 6) is 0. The van der Waals surface area contributed by atoms with Gasteiger partial charge in [-0.1, -0.05) is 0 Å². The van der Waals surface area contributed by atoms with Gasteiger partial charge in [-0.05, 0) is 0 Å². The molecule has 0 aliphatic rings. The molecule has 0 aromatic rings. The largest absolute Gasteiger partial charge is 0 e. The number of rotatable bonds is 0. The molecule has 4 heteroatoms. The molecule has 0 fully saturated rings. The molecule has 0 bridgehead atoms. The van der Waals surface area contributed by atoms with Crippen LogP contribution in [0, 0.1) is 0 Å². The summed E-state index contributed by atoms with van der Waals surface area (Å²) < 4.78 is 0. The van der Waals surface area contributed by atoms with Gasteiger partial charge in [0.05, 0.1) is 0 Å². The molecule has 0 saturated heterocycles. The first-order chi connectivity index (χ1) is 0. The zero-order valence-electron chi connectivity index (χ0n) is 1.19. The van der Waals surface area contributed by atoms with Gasteiger partial charge >= 0.3 is 18.9 Å². The fourth-order valence-electron chi connectivity index (χ4n) is 0. The van der Waals surface area contributed by atoms with E-state index in [0.29, 0.717) is 0 Å². The van der Waals surface area contributed by atoms with E-state index in [4.69, 9.17) is 0 Å². The van der Waals surface area contributed by atoms with Crippen LogP contribution >= 0.6 is 0 Å². The molecule has 4 heavy (non-hydrogen) atoms. The average Bonchev–Trinajstić information content (AvgIpc) is 0. The maximum Gasteiger partial charge on any atom is 0 e. The molecular weight excluding hydrogens is 213 g/mol. The minimum absolute atomic E-state index is 0. The summed E-state index contributed by atoms with van der Waals surface area (Å²) in [5, 5.41) is 0. The molecule has 0 N–H and O–H groups in total. The Bertz CT molecular complexity index is 8.00. The van der Waals surface area contributed by atoms with E-state index in [1.54, 1.807) is 0 Å². The molecule has 0 amide bonds. The van der Waals surface area contributed by atoms with Crippen molar-refractivity contribution in [1.82, 2.24) is 0 Å². The molecule has 0 rings (SSSR count). The van der Waals surface area contributed by atoms with Crippen molar-refractivity contribution in [2.45, 2.75) is 0 Å². The van der Waals surface area contributed by atoms with Gasteiger partial charge in [-0.25, -0.2) is 0 Å².